The first-order valence-electron chi connectivity index (χ1n) is 6.44. The van der Waals surface area contributed by atoms with Gasteiger partial charge in [0.1, 0.15) is 5.69 Å². The molecule has 112 valence electrons. The predicted octanol–water partition coefficient (Wildman–Crippen LogP) is 3.43. The molecule has 0 unspecified atom stereocenters. The van der Waals surface area contributed by atoms with Crippen molar-refractivity contribution in [3.05, 3.63) is 39.1 Å². The summed E-state index contributed by atoms with van der Waals surface area (Å²) in [6.45, 7) is 3.76. The number of aromatic nitrogens is 2. The number of hydrogen-bond acceptors (Lipinski definition) is 3. The van der Waals surface area contributed by atoms with Crippen LogP contribution in [0.1, 0.15) is 28.7 Å². The first kappa shape index (κ1) is 15.7. The van der Waals surface area contributed by atoms with Crippen LogP contribution in [0.2, 0.25) is 10.0 Å². The maximum Gasteiger partial charge on any atom is 0.276 e. The van der Waals surface area contributed by atoms with Crippen LogP contribution in [-0.2, 0) is 13.5 Å². The van der Waals surface area contributed by atoms with E-state index >= 15 is 0 Å². The summed E-state index contributed by atoms with van der Waals surface area (Å²) >= 11 is 12.3. The van der Waals surface area contributed by atoms with Crippen molar-refractivity contribution in [2.75, 3.05) is 11.1 Å². The molecule has 1 amide bonds. The van der Waals surface area contributed by atoms with E-state index in [2.05, 4.69) is 10.4 Å². The SMILES string of the molecule is CCc1nn(C)c(C(=O)Nc2c(Cl)ccc(C)c2Cl)c1N. The summed E-state index contributed by atoms with van der Waals surface area (Å²) in [5.74, 6) is -0.392. The molecule has 0 aliphatic rings. The minimum Gasteiger partial charge on any atom is -0.395 e. The Hall–Kier alpha value is -1.72. The Labute approximate surface area is 133 Å². The highest BCUT2D eigenvalue weighted by atomic mass is 35.5. The van der Waals surface area contributed by atoms with Crippen LogP contribution in [0.15, 0.2) is 12.1 Å². The molecule has 0 radical (unpaired) electrons. The Balaban J connectivity index is 2.40. The zero-order chi connectivity index (χ0) is 15.7. The van der Waals surface area contributed by atoms with Crippen molar-refractivity contribution in [3.63, 3.8) is 0 Å². The van der Waals surface area contributed by atoms with E-state index in [4.69, 9.17) is 28.9 Å². The number of benzene rings is 1. The second kappa shape index (κ2) is 5.95. The van der Waals surface area contributed by atoms with Crippen molar-refractivity contribution in [2.24, 2.45) is 7.05 Å². The second-order valence-corrected chi connectivity index (χ2v) is 5.48. The monoisotopic (exact) mass is 326 g/mol. The van der Waals surface area contributed by atoms with Crippen LogP contribution in [0.4, 0.5) is 11.4 Å². The Morgan fingerprint density at radius 2 is 2.10 bits per heavy atom. The van der Waals surface area contributed by atoms with Crippen molar-refractivity contribution >= 4 is 40.5 Å². The standard InChI is InChI=1S/C14H16Cl2N4O/c1-4-9-11(17)13(20(3)19-9)14(21)18-12-8(15)6-5-7(2)10(12)16/h5-6H,4,17H2,1-3H3,(H,18,21). The van der Waals surface area contributed by atoms with E-state index in [1.165, 1.54) is 4.68 Å². The van der Waals surface area contributed by atoms with Crippen LogP contribution < -0.4 is 11.1 Å². The molecule has 0 spiro atoms. The van der Waals surface area contributed by atoms with Crippen LogP contribution in [0.5, 0.6) is 0 Å². The van der Waals surface area contributed by atoms with Gasteiger partial charge in [-0.2, -0.15) is 5.10 Å². The van der Waals surface area contributed by atoms with E-state index in [1.54, 1.807) is 19.2 Å². The molecule has 3 N–H and O–H groups in total. The van der Waals surface area contributed by atoms with E-state index in [1.807, 2.05) is 13.8 Å². The number of anilines is 2. The molecule has 5 nitrogen and oxygen atoms in total. The second-order valence-electron chi connectivity index (χ2n) is 4.69. The maximum atomic E-state index is 12.4. The molecule has 21 heavy (non-hydrogen) atoms. The van der Waals surface area contributed by atoms with E-state index < -0.39 is 5.91 Å². The molecular formula is C14H16Cl2N4O. The Morgan fingerprint density at radius 3 is 2.67 bits per heavy atom. The summed E-state index contributed by atoms with van der Waals surface area (Å²) in [6, 6.07) is 3.47. The lowest BCUT2D eigenvalue weighted by Crippen LogP contribution is -2.18. The summed E-state index contributed by atoms with van der Waals surface area (Å²) in [4.78, 5) is 12.4. The minimum absolute atomic E-state index is 0.292. The smallest absolute Gasteiger partial charge is 0.276 e. The Kier molecular flexibility index (Phi) is 4.44. The number of aryl methyl sites for hydroxylation is 3. The maximum absolute atomic E-state index is 12.4. The van der Waals surface area contributed by atoms with Crippen LogP contribution in [0, 0.1) is 6.92 Å². The third-order valence-electron chi connectivity index (χ3n) is 3.23. The highest BCUT2D eigenvalue weighted by Gasteiger charge is 2.21. The van der Waals surface area contributed by atoms with Gasteiger partial charge in [-0.1, -0.05) is 36.2 Å². The van der Waals surface area contributed by atoms with Crippen LogP contribution >= 0.6 is 23.2 Å². The topological polar surface area (TPSA) is 72.9 Å². The quantitative estimate of drug-likeness (QED) is 0.907. The number of halogens is 2. The Morgan fingerprint density at radius 1 is 1.43 bits per heavy atom. The van der Waals surface area contributed by atoms with Gasteiger partial charge in [-0.25, -0.2) is 0 Å². The molecule has 0 fully saturated rings. The van der Waals surface area contributed by atoms with Crippen molar-refractivity contribution in [2.45, 2.75) is 20.3 Å². The molecule has 7 heteroatoms. The largest absolute Gasteiger partial charge is 0.395 e. The van der Waals surface area contributed by atoms with Crippen molar-refractivity contribution in [3.8, 4) is 0 Å². The molecule has 0 bridgehead atoms. The number of hydrogen-bond donors (Lipinski definition) is 2. The first-order chi connectivity index (χ1) is 9.86. The van der Waals surface area contributed by atoms with E-state index in [0.29, 0.717) is 39.2 Å². The minimum atomic E-state index is -0.392. The average Bonchev–Trinajstić information content (AvgIpc) is 2.73. The summed E-state index contributed by atoms with van der Waals surface area (Å²) in [7, 11) is 1.67. The predicted molar refractivity (Wildman–Crippen MR) is 86.2 cm³/mol. The van der Waals surface area contributed by atoms with Gasteiger partial charge in [-0.3, -0.25) is 9.48 Å². The molecular weight excluding hydrogens is 311 g/mol. The van der Waals surface area contributed by atoms with Gasteiger partial charge in [0, 0.05) is 7.05 Å². The van der Waals surface area contributed by atoms with E-state index in [9.17, 15) is 4.79 Å². The fraction of sp³-hybridized carbons (Fsp3) is 0.286. The lowest BCUT2D eigenvalue weighted by Gasteiger charge is -2.11. The molecule has 2 rings (SSSR count). The van der Waals surface area contributed by atoms with E-state index in [-0.39, 0.29) is 0 Å². The third kappa shape index (κ3) is 2.84. The number of nitrogens with zero attached hydrogens (tertiary/aromatic N) is 2. The van der Waals surface area contributed by atoms with Gasteiger partial charge in [0.15, 0.2) is 0 Å². The van der Waals surface area contributed by atoms with Gasteiger partial charge in [-0.05, 0) is 25.0 Å². The molecule has 1 aromatic carbocycles. The summed E-state index contributed by atoms with van der Waals surface area (Å²) in [6.07, 6.45) is 0.652. The van der Waals surface area contributed by atoms with Gasteiger partial charge in [-0.15, -0.1) is 0 Å². The Bertz CT molecular complexity index is 709. The molecule has 0 atom stereocenters. The third-order valence-corrected chi connectivity index (χ3v) is 4.04. The van der Waals surface area contributed by atoms with Crippen LogP contribution in [-0.4, -0.2) is 15.7 Å². The molecule has 1 heterocycles. The number of carbonyl (C=O) groups excluding carboxylic acids is 1. The van der Waals surface area contributed by atoms with Gasteiger partial charge < -0.3 is 11.1 Å². The number of carbonyl (C=O) groups is 1. The molecule has 0 saturated carbocycles. The van der Waals surface area contributed by atoms with E-state index in [0.717, 1.165) is 5.56 Å². The summed E-state index contributed by atoms with van der Waals surface area (Å²) < 4.78 is 1.46. The molecule has 1 aromatic heterocycles. The van der Waals surface area contributed by atoms with Crippen molar-refractivity contribution < 1.29 is 4.79 Å². The normalized spacial score (nSPS) is 10.7. The highest BCUT2D eigenvalue weighted by molar-refractivity contribution is 6.40. The number of nitrogens with one attached hydrogen (secondary N) is 1. The number of nitrogens with two attached hydrogens (primary N) is 1. The average molecular weight is 327 g/mol. The highest BCUT2D eigenvalue weighted by Crippen LogP contribution is 2.33. The lowest BCUT2D eigenvalue weighted by molar-refractivity contribution is 0.101. The lowest BCUT2D eigenvalue weighted by atomic mass is 10.2. The number of rotatable bonds is 3. The number of amides is 1. The van der Waals surface area contributed by atoms with Crippen molar-refractivity contribution in [1.29, 1.82) is 0 Å². The van der Waals surface area contributed by atoms with Gasteiger partial charge in [0.05, 0.1) is 27.1 Å². The van der Waals surface area contributed by atoms with Gasteiger partial charge in [0.25, 0.3) is 5.91 Å². The fourth-order valence-corrected chi connectivity index (χ4v) is 2.54. The first-order valence-corrected chi connectivity index (χ1v) is 7.19. The zero-order valence-corrected chi connectivity index (χ0v) is 13.5. The molecule has 2 aromatic rings. The van der Waals surface area contributed by atoms with Crippen LogP contribution in [0.25, 0.3) is 0 Å². The fourth-order valence-electron chi connectivity index (χ4n) is 2.07. The van der Waals surface area contributed by atoms with Gasteiger partial charge in [0.2, 0.25) is 0 Å². The number of nitrogen functional groups attached to an aromatic ring is 1. The summed E-state index contributed by atoms with van der Waals surface area (Å²) in [5, 5.41) is 7.71. The van der Waals surface area contributed by atoms with Crippen molar-refractivity contribution in [1.82, 2.24) is 9.78 Å². The summed E-state index contributed by atoms with van der Waals surface area (Å²) in [5.41, 5.74) is 8.51. The molecule has 0 saturated heterocycles. The zero-order valence-electron chi connectivity index (χ0n) is 12.0. The molecule has 0 aliphatic carbocycles. The van der Waals surface area contributed by atoms with Gasteiger partial charge >= 0.3 is 0 Å². The van der Waals surface area contributed by atoms with Crippen LogP contribution in [0.3, 0.4) is 0 Å². The molecule has 0 aliphatic heterocycles.